The molecule has 1 saturated heterocycles. The first-order valence-electron chi connectivity index (χ1n) is 8.19. The molecule has 3 rings (SSSR count). The van der Waals surface area contributed by atoms with Gasteiger partial charge in [-0.2, -0.15) is 5.10 Å². The highest BCUT2D eigenvalue weighted by atomic mass is 32.2. The summed E-state index contributed by atoms with van der Waals surface area (Å²) in [5.74, 6) is 0.802. The first-order chi connectivity index (χ1) is 11.8. The molecular formula is C19H22N4S. The molecule has 5 heteroatoms. The number of anilines is 1. The molecule has 4 nitrogen and oxygen atoms in total. The standard InChI is InChI=1S/C19H22N4S/c20-19(24-15-16-7-2-1-3-8-16)22-21-14-17-9-6-10-18(13-17)23-11-4-5-12-23/h1-3,6-10,13-14H,4-5,11-12,15H2,(H2,20,22). The molecule has 124 valence electrons. The molecule has 0 saturated carbocycles. The van der Waals surface area contributed by atoms with E-state index in [1.807, 2.05) is 24.3 Å². The van der Waals surface area contributed by atoms with Gasteiger partial charge in [0.25, 0.3) is 0 Å². The second-order valence-electron chi connectivity index (χ2n) is 5.75. The lowest BCUT2D eigenvalue weighted by molar-refractivity contribution is 0.949. The first kappa shape index (κ1) is 16.6. The van der Waals surface area contributed by atoms with Crippen LogP contribution < -0.4 is 10.6 Å². The van der Waals surface area contributed by atoms with Gasteiger partial charge < -0.3 is 10.6 Å². The van der Waals surface area contributed by atoms with Crippen molar-refractivity contribution in [2.45, 2.75) is 18.6 Å². The normalized spacial score (nSPS) is 15.3. The summed E-state index contributed by atoms with van der Waals surface area (Å²) in [6, 6.07) is 18.6. The molecule has 1 fully saturated rings. The summed E-state index contributed by atoms with van der Waals surface area (Å²) >= 11 is 1.49. The van der Waals surface area contributed by atoms with Crippen molar-refractivity contribution < 1.29 is 0 Å². The number of hydrogen-bond acceptors (Lipinski definition) is 4. The Morgan fingerprint density at radius 3 is 2.67 bits per heavy atom. The van der Waals surface area contributed by atoms with Crippen LogP contribution in [0, 0.1) is 0 Å². The van der Waals surface area contributed by atoms with Crippen molar-refractivity contribution in [3.63, 3.8) is 0 Å². The van der Waals surface area contributed by atoms with Gasteiger partial charge in [0.15, 0.2) is 5.17 Å². The SMILES string of the molecule is NC(=NN=Cc1cccc(N2CCCC2)c1)SCc1ccccc1. The Kier molecular flexibility index (Phi) is 5.90. The van der Waals surface area contributed by atoms with Crippen LogP contribution in [0.2, 0.25) is 0 Å². The van der Waals surface area contributed by atoms with Crippen molar-refractivity contribution in [2.75, 3.05) is 18.0 Å². The average Bonchev–Trinajstić information content (AvgIpc) is 3.16. The van der Waals surface area contributed by atoms with Crippen LogP contribution in [-0.4, -0.2) is 24.5 Å². The van der Waals surface area contributed by atoms with Crippen LogP contribution in [0.15, 0.2) is 64.8 Å². The molecule has 24 heavy (non-hydrogen) atoms. The second-order valence-corrected chi connectivity index (χ2v) is 6.74. The number of thioether (sulfide) groups is 1. The third-order valence-electron chi connectivity index (χ3n) is 3.93. The number of benzene rings is 2. The third kappa shape index (κ3) is 4.86. The van der Waals surface area contributed by atoms with E-state index in [-0.39, 0.29) is 0 Å². The van der Waals surface area contributed by atoms with Crippen LogP contribution in [0.3, 0.4) is 0 Å². The molecule has 2 N–H and O–H groups in total. The maximum Gasteiger partial charge on any atom is 0.180 e. The quantitative estimate of drug-likeness (QED) is 0.511. The van der Waals surface area contributed by atoms with E-state index >= 15 is 0 Å². The molecular weight excluding hydrogens is 316 g/mol. The molecule has 0 aromatic heterocycles. The van der Waals surface area contributed by atoms with E-state index in [2.05, 4.69) is 45.4 Å². The Hall–Kier alpha value is -2.27. The summed E-state index contributed by atoms with van der Waals surface area (Å²) in [5.41, 5.74) is 9.43. The molecule has 0 spiro atoms. The van der Waals surface area contributed by atoms with Gasteiger partial charge in [-0.25, -0.2) is 0 Å². The number of rotatable bonds is 5. The molecule has 0 unspecified atom stereocenters. The van der Waals surface area contributed by atoms with Gasteiger partial charge in [-0.05, 0) is 36.1 Å². The van der Waals surface area contributed by atoms with E-state index < -0.39 is 0 Å². The van der Waals surface area contributed by atoms with Gasteiger partial charge >= 0.3 is 0 Å². The molecule has 1 heterocycles. The van der Waals surface area contributed by atoms with E-state index in [0.717, 1.165) is 24.4 Å². The van der Waals surface area contributed by atoms with Crippen LogP contribution in [0.5, 0.6) is 0 Å². The van der Waals surface area contributed by atoms with Crippen molar-refractivity contribution >= 4 is 28.8 Å². The predicted octanol–water partition coefficient (Wildman–Crippen LogP) is 3.87. The van der Waals surface area contributed by atoms with Crippen LogP contribution in [0.1, 0.15) is 24.0 Å². The molecule has 0 atom stereocenters. The average molecular weight is 338 g/mol. The fraction of sp³-hybridized carbons (Fsp3) is 0.263. The predicted molar refractivity (Wildman–Crippen MR) is 105 cm³/mol. The Morgan fingerprint density at radius 1 is 1.08 bits per heavy atom. The summed E-state index contributed by atoms with van der Waals surface area (Å²) in [7, 11) is 0. The first-order valence-corrected chi connectivity index (χ1v) is 9.18. The van der Waals surface area contributed by atoms with Crippen molar-refractivity contribution in [1.29, 1.82) is 0 Å². The van der Waals surface area contributed by atoms with Crippen LogP contribution in [0.4, 0.5) is 5.69 Å². The van der Waals surface area contributed by atoms with Gasteiger partial charge in [-0.3, -0.25) is 0 Å². The van der Waals surface area contributed by atoms with Crippen LogP contribution in [-0.2, 0) is 5.75 Å². The minimum Gasteiger partial charge on any atom is -0.377 e. The molecule has 0 aliphatic carbocycles. The van der Waals surface area contributed by atoms with Crippen molar-refractivity contribution in [2.24, 2.45) is 15.9 Å². The topological polar surface area (TPSA) is 54.0 Å². The lowest BCUT2D eigenvalue weighted by Crippen LogP contribution is -2.17. The summed E-state index contributed by atoms with van der Waals surface area (Å²) in [6.45, 7) is 2.28. The molecule has 1 aliphatic rings. The second kappa shape index (κ2) is 8.55. The summed E-state index contributed by atoms with van der Waals surface area (Å²) in [6.07, 6.45) is 4.31. The monoisotopic (exact) mass is 338 g/mol. The van der Waals surface area contributed by atoms with Crippen molar-refractivity contribution in [3.05, 3.63) is 65.7 Å². The van der Waals surface area contributed by atoms with Crippen molar-refractivity contribution in [3.8, 4) is 0 Å². The zero-order valence-electron chi connectivity index (χ0n) is 13.6. The van der Waals surface area contributed by atoms with E-state index in [4.69, 9.17) is 5.73 Å². The Labute approximate surface area is 147 Å². The zero-order valence-corrected chi connectivity index (χ0v) is 14.5. The number of nitrogens with two attached hydrogens (primary N) is 1. The Balaban J connectivity index is 1.55. The summed E-state index contributed by atoms with van der Waals surface area (Å²) in [4.78, 5) is 2.41. The highest BCUT2D eigenvalue weighted by Crippen LogP contribution is 2.20. The van der Waals surface area contributed by atoms with Gasteiger partial charge in [-0.1, -0.05) is 54.2 Å². The van der Waals surface area contributed by atoms with Gasteiger partial charge in [-0.15, -0.1) is 5.10 Å². The molecule has 2 aromatic carbocycles. The highest BCUT2D eigenvalue weighted by molar-refractivity contribution is 8.13. The molecule has 1 aliphatic heterocycles. The van der Waals surface area contributed by atoms with Gasteiger partial charge in [0.2, 0.25) is 0 Å². The number of nitrogens with zero attached hydrogens (tertiary/aromatic N) is 3. The minimum absolute atomic E-state index is 0.478. The number of amidine groups is 1. The van der Waals surface area contributed by atoms with Crippen molar-refractivity contribution in [1.82, 2.24) is 0 Å². The fourth-order valence-corrected chi connectivity index (χ4v) is 3.30. The fourth-order valence-electron chi connectivity index (χ4n) is 2.69. The summed E-state index contributed by atoms with van der Waals surface area (Å²) < 4.78 is 0. The minimum atomic E-state index is 0.478. The number of hydrogen-bond donors (Lipinski definition) is 1. The molecule has 0 radical (unpaired) electrons. The largest absolute Gasteiger partial charge is 0.377 e. The van der Waals surface area contributed by atoms with Crippen LogP contribution >= 0.6 is 11.8 Å². The van der Waals surface area contributed by atoms with E-state index in [1.165, 1.54) is 35.9 Å². The Morgan fingerprint density at radius 2 is 1.88 bits per heavy atom. The van der Waals surface area contributed by atoms with E-state index in [1.54, 1.807) is 6.21 Å². The molecule has 2 aromatic rings. The summed E-state index contributed by atoms with van der Waals surface area (Å²) in [5, 5.41) is 8.67. The smallest absolute Gasteiger partial charge is 0.180 e. The third-order valence-corrected chi connectivity index (χ3v) is 4.79. The van der Waals surface area contributed by atoms with E-state index in [0.29, 0.717) is 5.17 Å². The highest BCUT2D eigenvalue weighted by Gasteiger charge is 2.11. The zero-order chi connectivity index (χ0) is 16.6. The van der Waals surface area contributed by atoms with Gasteiger partial charge in [0, 0.05) is 24.5 Å². The molecule has 0 bridgehead atoms. The lowest BCUT2D eigenvalue weighted by atomic mass is 10.2. The van der Waals surface area contributed by atoms with Crippen LogP contribution in [0.25, 0.3) is 0 Å². The Bertz CT molecular complexity index is 706. The van der Waals surface area contributed by atoms with Gasteiger partial charge in [0.05, 0.1) is 6.21 Å². The van der Waals surface area contributed by atoms with Gasteiger partial charge in [0.1, 0.15) is 0 Å². The maximum absolute atomic E-state index is 5.91. The lowest BCUT2D eigenvalue weighted by Gasteiger charge is -2.17. The van der Waals surface area contributed by atoms with E-state index in [9.17, 15) is 0 Å². The molecule has 0 amide bonds. The maximum atomic E-state index is 5.91.